The van der Waals surface area contributed by atoms with Gasteiger partial charge in [-0.2, -0.15) is 0 Å². The molecule has 0 atom stereocenters. The Morgan fingerprint density at radius 2 is 1.00 bits per heavy atom. The first-order chi connectivity index (χ1) is 34.9. The number of benzene rings is 8. The lowest BCUT2D eigenvalue weighted by Crippen LogP contribution is -2.25. The molecule has 1 aliphatic heterocycles. The Morgan fingerprint density at radius 3 is 1.67 bits per heavy atom. The number of fused-ring (bicyclic) bond motifs is 4. The molecule has 10 aromatic rings. The molecule has 0 spiro atoms. The lowest BCUT2D eigenvalue weighted by atomic mass is 9.78. The van der Waals surface area contributed by atoms with Crippen molar-refractivity contribution in [2.45, 2.75) is 90.9 Å². The topological polar surface area (TPSA) is 33.5 Å². The molecule has 3 heterocycles. The molecule has 0 bridgehead atoms. The molecule has 0 radical (unpaired) electrons. The predicted octanol–water partition coefficient (Wildman–Crippen LogP) is 18.1. The maximum Gasteiger partial charge on any atom is 0.137 e. The number of aromatic nitrogens is 2. The zero-order valence-corrected chi connectivity index (χ0v) is 44.0. The van der Waals surface area contributed by atoms with Crippen LogP contribution in [-0.4, -0.2) is 16.2 Å². The van der Waals surface area contributed by atoms with E-state index >= 15 is 0 Å². The van der Waals surface area contributed by atoms with Gasteiger partial charge in [0.15, 0.2) is 0 Å². The van der Waals surface area contributed by atoms with Crippen LogP contribution in [-0.2, 0) is 21.7 Å². The predicted molar refractivity (Wildman–Crippen MR) is 307 cm³/mol. The summed E-state index contributed by atoms with van der Waals surface area (Å²) in [7, 11) is 0. The molecule has 2 aromatic heterocycles. The van der Waals surface area contributed by atoms with E-state index in [4.69, 9.17) is 9.72 Å². The van der Waals surface area contributed by atoms with Gasteiger partial charge in [-0.15, -0.1) is 0 Å². The molecule has 0 N–H and O–H groups in total. The van der Waals surface area contributed by atoms with Gasteiger partial charge in [-0.25, -0.2) is 4.98 Å². The Morgan fingerprint density at radius 1 is 0.384 bits per heavy atom. The maximum atomic E-state index is 7.13. The van der Waals surface area contributed by atoms with E-state index in [0.717, 1.165) is 50.5 Å². The van der Waals surface area contributed by atoms with Crippen LogP contribution in [0.25, 0.3) is 38.8 Å². The van der Waals surface area contributed by atoms with Crippen LogP contribution in [0.15, 0.2) is 206 Å². The van der Waals surface area contributed by atoms with Crippen LogP contribution in [0.4, 0.5) is 22.7 Å². The highest BCUT2D eigenvalue weighted by Gasteiger charge is 2.33. The lowest BCUT2D eigenvalue weighted by Gasteiger charge is -2.28. The third-order valence-corrected chi connectivity index (χ3v) is 15.4. The van der Waals surface area contributed by atoms with Gasteiger partial charge in [-0.05, 0) is 128 Å². The Hall–Kier alpha value is -7.89. The number of ether oxygens (including phenoxy) is 1. The first-order valence-corrected chi connectivity index (χ1v) is 25.8. The van der Waals surface area contributed by atoms with E-state index in [2.05, 4.69) is 284 Å². The van der Waals surface area contributed by atoms with Gasteiger partial charge in [-0.3, -0.25) is 4.57 Å². The summed E-state index contributed by atoms with van der Waals surface area (Å²) >= 11 is 0. The summed E-state index contributed by atoms with van der Waals surface area (Å²) in [6, 6.07) is 72.9. The van der Waals surface area contributed by atoms with Gasteiger partial charge in [0.25, 0.3) is 0 Å². The van der Waals surface area contributed by atoms with Crippen molar-refractivity contribution in [1.82, 2.24) is 9.55 Å². The fourth-order valence-corrected chi connectivity index (χ4v) is 10.7. The number of hydrogen-bond donors (Lipinski definition) is 0. The molecule has 0 unspecified atom stereocenters. The summed E-state index contributed by atoms with van der Waals surface area (Å²) in [4.78, 5) is 10.0. The monoisotopic (exact) mass is 955 g/mol. The van der Waals surface area contributed by atoms with Crippen molar-refractivity contribution in [3.05, 3.63) is 240 Å². The lowest BCUT2D eigenvalue weighted by molar-refractivity contribution is 0.479. The van der Waals surface area contributed by atoms with E-state index in [0.29, 0.717) is 6.67 Å². The second kappa shape index (κ2) is 18.0. The largest absolute Gasteiger partial charge is 0.457 e. The molecule has 364 valence electrons. The van der Waals surface area contributed by atoms with Crippen LogP contribution in [0.1, 0.15) is 103 Å². The van der Waals surface area contributed by atoms with E-state index in [1.54, 1.807) is 0 Å². The molecule has 0 saturated carbocycles. The van der Waals surface area contributed by atoms with Crippen molar-refractivity contribution in [2.75, 3.05) is 16.5 Å². The Bertz CT molecular complexity index is 3650. The maximum absolute atomic E-state index is 7.13. The highest BCUT2D eigenvalue weighted by molar-refractivity contribution is 6.10. The third-order valence-electron chi connectivity index (χ3n) is 15.4. The Labute approximate surface area is 432 Å². The average molecular weight is 955 g/mol. The molecular weight excluding hydrogens is 889 g/mol. The minimum atomic E-state index is -0.243. The summed E-state index contributed by atoms with van der Waals surface area (Å²) in [5.74, 6) is 2.41. The summed E-state index contributed by atoms with van der Waals surface area (Å²) in [5, 5.41) is 2.30. The first-order valence-electron chi connectivity index (χ1n) is 25.8. The minimum absolute atomic E-state index is 0.00495. The van der Waals surface area contributed by atoms with Crippen LogP contribution in [0, 0.1) is 0 Å². The van der Waals surface area contributed by atoms with Gasteiger partial charge in [0.2, 0.25) is 0 Å². The fraction of sp³-hybridized carbons (Fsp3) is 0.221. The zero-order valence-electron chi connectivity index (χ0n) is 44.0. The molecule has 0 saturated heterocycles. The summed E-state index contributed by atoms with van der Waals surface area (Å²) in [6.45, 7) is 23.6. The molecule has 5 heteroatoms. The van der Waals surface area contributed by atoms with Gasteiger partial charge in [0, 0.05) is 51.3 Å². The standard InChI is InChI=1S/C68H66N4O/c1-65(2,3)50-27-20-28-54(38-50)70-45-71(61-34-30-51(41-63(61)70)67(7,8)48-23-16-12-17-24-48)55-39-53(66(4,5)6)40-57(43-55)73-56-31-32-58-59-37-47(46-21-14-11-15-22-46)29-33-60(59)72(62(58)44-56)64-42-52(35-36-69-64)68(9,10)49-25-18-13-19-26-49/h11-44H,45H2,1-10H3. The molecule has 73 heavy (non-hydrogen) atoms. The van der Waals surface area contributed by atoms with Crippen molar-refractivity contribution in [1.29, 1.82) is 0 Å². The Balaban J connectivity index is 1.03. The Kier molecular flexibility index (Phi) is 11.7. The van der Waals surface area contributed by atoms with Crippen LogP contribution in [0.2, 0.25) is 0 Å². The molecule has 11 rings (SSSR count). The van der Waals surface area contributed by atoms with E-state index in [1.807, 2.05) is 6.20 Å². The molecule has 8 aromatic carbocycles. The molecule has 0 aliphatic carbocycles. The van der Waals surface area contributed by atoms with Gasteiger partial charge >= 0.3 is 0 Å². The van der Waals surface area contributed by atoms with Gasteiger partial charge < -0.3 is 14.5 Å². The zero-order chi connectivity index (χ0) is 50.9. The fourth-order valence-electron chi connectivity index (χ4n) is 10.7. The number of nitrogens with zero attached hydrogens (tertiary/aromatic N) is 4. The van der Waals surface area contributed by atoms with E-state index < -0.39 is 0 Å². The summed E-state index contributed by atoms with van der Waals surface area (Å²) in [6.07, 6.45) is 1.95. The van der Waals surface area contributed by atoms with Crippen LogP contribution < -0.4 is 14.5 Å². The second-order valence-electron chi connectivity index (χ2n) is 23.1. The van der Waals surface area contributed by atoms with Gasteiger partial charge in [0.1, 0.15) is 24.0 Å². The molecule has 5 nitrogen and oxygen atoms in total. The quantitative estimate of drug-likeness (QED) is 0.137. The van der Waals surface area contributed by atoms with Crippen molar-refractivity contribution in [2.24, 2.45) is 0 Å². The highest BCUT2D eigenvalue weighted by atomic mass is 16.5. The van der Waals surface area contributed by atoms with Crippen molar-refractivity contribution in [3.63, 3.8) is 0 Å². The average Bonchev–Trinajstić information content (AvgIpc) is 3.95. The smallest absolute Gasteiger partial charge is 0.137 e. The SMILES string of the molecule is CC(C)(C)c1cccc(N2CN(c3cc(Oc4ccc5c6cc(-c7ccccc7)ccc6n(-c6cc(C(C)(C)c7ccccc7)ccn6)c5c4)cc(C(C)(C)C)c3)c3ccc(C(C)(C)c4ccccc4)cc32)c1. The van der Waals surface area contributed by atoms with E-state index in [1.165, 1.54) is 55.9 Å². The van der Waals surface area contributed by atoms with Crippen molar-refractivity contribution >= 4 is 44.6 Å². The molecular formula is C68H66N4O. The van der Waals surface area contributed by atoms with Gasteiger partial charge in [-0.1, -0.05) is 184 Å². The summed E-state index contributed by atoms with van der Waals surface area (Å²) < 4.78 is 9.44. The normalized spacial score (nSPS) is 13.2. The molecule has 0 amide bonds. The first kappa shape index (κ1) is 47.4. The minimum Gasteiger partial charge on any atom is -0.457 e. The van der Waals surface area contributed by atoms with Crippen LogP contribution in [0.3, 0.4) is 0 Å². The van der Waals surface area contributed by atoms with E-state index in [9.17, 15) is 0 Å². The third kappa shape index (κ3) is 8.86. The van der Waals surface area contributed by atoms with Crippen molar-refractivity contribution < 1.29 is 4.74 Å². The number of hydrogen-bond acceptors (Lipinski definition) is 4. The van der Waals surface area contributed by atoms with Crippen molar-refractivity contribution in [3.8, 4) is 28.4 Å². The number of anilines is 4. The second-order valence-corrected chi connectivity index (χ2v) is 23.1. The summed E-state index contributed by atoms with van der Waals surface area (Å²) in [5.41, 5.74) is 16.0. The molecule has 1 aliphatic rings. The number of pyridine rings is 1. The number of rotatable bonds is 10. The van der Waals surface area contributed by atoms with Gasteiger partial charge in [0.05, 0.1) is 22.4 Å². The molecule has 0 fully saturated rings. The van der Waals surface area contributed by atoms with E-state index in [-0.39, 0.29) is 21.7 Å². The van der Waals surface area contributed by atoms with Crippen LogP contribution in [0.5, 0.6) is 11.5 Å². The highest BCUT2D eigenvalue weighted by Crippen LogP contribution is 2.49. The van der Waals surface area contributed by atoms with Crippen LogP contribution >= 0.6 is 0 Å².